The molecule has 0 fully saturated rings. The first-order valence-electron chi connectivity index (χ1n) is 5.38. The van der Waals surface area contributed by atoms with Crippen LogP contribution in [0.2, 0.25) is 0 Å². The molecule has 0 aliphatic rings. The van der Waals surface area contributed by atoms with E-state index < -0.39 is 5.82 Å². The zero-order valence-electron chi connectivity index (χ0n) is 9.85. The Hall–Kier alpha value is -1.95. The number of halogens is 1. The lowest BCUT2D eigenvalue weighted by molar-refractivity contribution is 0.626. The van der Waals surface area contributed by atoms with Crippen molar-refractivity contribution in [3.63, 3.8) is 0 Å². The molecular formula is C12H13FN4S. The number of nitrogens with one attached hydrogen (secondary N) is 1. The number of hydrogen-bond acceptors (Lipinski definition) is 3. The zero-order chi connectivity index (χ0) is 13.1. The van der Waals surface area contributed by atoms with Crippen LogP contribution in [0.1, 0.15) is 11.3 Å². The number of benzene rings is 1. The van der Waals surface area contributed by atoms with Crippen LogP contribution < -0.4 is 11.1 Å². The largest absolute Gasteiger partial charge is 0.389 e. The van der Waals surface area contributed by atoms with Crippen LogP contribution in [0.4, 0.5) is 10.1 Å². The van der Waals surface area contributed by atoms with Gasteiger partial charge >= 0.3 is 0 Å². The minimum absolute atomic E-state index is 0.0422. The summed E-state index contributed by atoms with van der Waals surface area (Å²) in [5.41, 5.74) is 7.34. The van der Waals surface area contributed by atoms with Gasteiger partial charge in [0.1, 0.15) is 10.8 Å². The molecule has 0 aliphatic heterocycles. The maximum atomic E-state index is 13.6. The molecule has 1 aromatic heterocycles. The molecule has 2 rings (SSSR count). The molecule has 6 heteroatoms. The van der Waals surface area contributed by atoms with Crippen LogP contribution in [0.5, 0.6) is 0 Å². The molecule has 0 unspecified atom stereocenters. The van der Waals surface area contributed by atoms with Gasteiger partial charge in [-0.25, -0.2) is 4.39 Å². The van der Waals surface area contributed by atoms with Crippen molar-refractivity contribution >= 4 is 22.9 Å². The number of hydrogen-bond donors (Lipinski definition) is 2. The van der Waals surface area contributed by atoms with E-state index in [9.17, 15) is 4.39 Å². The molecule has 0 saturated carbocycles. The quantitative estimate of drug-likeness (QED) is 0.827. The monoisotopic (exact) mass is 264 g/mol. The van der Waals surface area contributed by atoms with Crippen LogP contribution in [-0.4, -0.2) is 14.8 Å². The minimum Gasteiger partial charge on any atom is -0.389 e. The van der Waals surface area contributed by atoms with Gasteiger partial charge in [-0.15, -0.1) is 0 Å². The third-order valence-corrected chi connectivity index (χ3v) is 2.85. The van der Waals surface area contributed by atoms with Crippen LogP contribution >= 0.6 is 12.2 Å². The lowest BCUT2D eigenvalue weighted by Gasteiger charge is -2.11. The van der Waals surface area contributed by atoms with Crippen molar-refractivity contribution in [2.45, 2.75) is 6.54 Å². The van der Waals surface area contributed by atoms with Gasteiger partial charge in [-0.2, -0.15) is 5.10 Å². The van der Waals surface area contributed by atoms with E-state index in [0.717, 1.165) is 5.69 Å². The molecule has 2 aromatic rings. The first-order chi connectivity index (χ1) is 8.59. The second kappa shape index (κ2) is 5.14. The highest BCUT2D eigenvalue weighted by molar-refractivity contribution is 7.80. The summed E-state index contributed by atoms with van der Waals surface area (Å²) >= 11 is 4.86. The molecule has 94 valence electrons. The average molecular weight is 264 g/mol. The van der Waals surface area contributed by atoms with Crippen LogP contribution in [-0.2, 0) is 13.6 Å². The van der Waals surface area contributed by atoms with Gasteiger partial charge in [-0.05, 0) is 18.2 Å². The molecule has 1 aromatic carbocycles. The number of nitrogens with zero attached hydrogens (tertiary/aromatic N) is 2. The number of nitrogens with two attached hydrogens (primary N) is 1. The molecule has 0 aliphatic carbocycles. The number of rotatable bonds is 4. The highest BCUT2D eigenvalue weighted by Crippen LogP contribution is 2.19. The molecule has 1 heterocycles. The van der Waals surface area contributed by atoms with E-state index in [2.05, 4.69) is 10.4 Å². The summed E-state index contributed by atoms with van der Waals surface area (Å²) in [6.07, 6.45) is 1.71. The van der Waals surface area contributed by atoms with Crippen LogP contribution in [0.3, 0.4) is 0 Å². The van der Waals surface area contributed by atoms with Gasteiger partial charge < -0.3 is 11.1 Å². The smallest absolute Gasteiger partial charge is 0.135 e. The summed E-state index contributed by atoms with van der Waals surface area (Å²) in [5, 5.41) is 7.17. The SMILES string of the molecule is Cn1nccc1CNc1cccc(F)c1C(N)=S. The predicted octanol–water partition coefficient (Wildman–Crippen LogP) is 1.81. The molecule has 0 atom stereocenters. The maximum absolute atomic E-state index is 13.6. The van der Waals surface area contributed by atoms with E-state index in [1.165, 1.54) is 6.07 Å². The fourth-order valence-corrected chi connectivity index (χ4v) is 1.89. The highest BCUT2D eigenvalue weighted by atomic mass is 32.1. The Balaban J connectivity index is 2.22. The predicted molar refractivity (Wildman–Crippen MR) is 72.8 cm³/mol. The Morgan fingerprint density at radius 3 is 2.89 bits per heavy atom. The van der Waals surface area contributed by atoms with E-state index in [1.807, 2.05) is 13.1 Å². The molecule has 0 amide bonds. The summed E-state index contributed by atoms with van der Waals surface area (Å²) in [6, 6.07) is 6.58. The zero-order valence-corrected chi connectivity index (χ0v) is 10.7. The Bertz CT molecular complexity index is 579. The van der Waals surface area contributed by atoms with E-state index in [0.29, 0.717) is 12.2 Å². The summed E-state index contributed by atoms with van der Waals surface area (Å²) in [5.74, 6) is -0.419. The van der Waals surface area contributed by atoms with Crippen molar-refractivity contribution in [3.8, 4) is 0 Å². The molecule has 0 saturated heterocycles. The topological polar surface area (TPSA) is 55.9 Å². The summed E-state index contributed by atoms with van der Waals surface area (Å²) in [7, 11) is 1.84. The molecular weight excluding hydrogens is 251 g/mol. The number of anilines is 1. The van der Waals surface area contributed by atoms with E-state index >= 15 is 0 Å². The molecule has 3 N–H and O–H groups in total. The Morgan fingerprint density at radius 2 is 2.28 bits per heavy atom. The van der Waals surface area contributed by atoms with Crippen LogP contribution in [0, 0.1) is 5.82 Å². The van der Waals surface area contributed by atoms with Gasteiger partial charge in [-0.3, -0.25) is 4.68 Å². The first kappa shape index (κ1) is 12.5. The van der Waals surface area contributed by atoms with Crippen LogP contribution in [0.25, 0.3) is 0 Å². The van der Waals surface area contributed by atoms with Gasteiger partial charge in [0.15, 0.2) is 0 Å². The van der Waals surface area contributed by atoms with Gasteiger partial charge in [0.2, 0.25) is 0 Å². The second-order valence-corrected chi connectivity index (χ2v) is 4.27. The maximum Gasteiger partial charge on any atom is 0.135 e. The molecule has 0 spiro atoms. The standard InChI is InChI=1S/C12H13FN4S/c1-17-8(5-6-16-17)7-15-10-4-2-3-9(13)11(10)12(14)18/h2-6,15H,7H2,1H3,(H2,14,18). The first-order valence-corrected chi connectivity index (χ1v) is 5.79. The lowest BCUT2D eigenvalue weighted by atomic mass is 10.1. The minimum atomic E-state index is -0.419. The van der Waals surface area contributed by atoms with Gasteiger partial charge in [0.05, 0.1) is 17.8 Å². The average Bonchev–Trinajstić information content (AvgIpc) is 2.71. The van der Waals surface area contributed by atoms with Crippen molar-refractivity contribution in [2.24, 2.45) is 12.8 Å². The Labute approximate surface area is 110 Å². The van der Waals surface area contributed by atoms with Crippen LogP contribution in [0.15, 0.2) is 30.5 Å². The normalized spacial score (nSPS) is 10.3. The second-order valence-electron chi connectivity index (χ2n) is 3.83. The molecule has 0 bridgehead atoms. The molecule has 4 nitrogen and oxygen atoms in total. The summed E-state index contributed by atoms with van der Waals surface area (Å²) < 4.78 is 15.4. The third kappa shape index (κ3) is 2.48. The van der Waals surface area contributed by atoms with Crippen molar-refractivity contribution in [2.75, 3.05) is 5.32 Å². The van der Waals surface area contributed by atoms with Crippen molar-refractivity contribution < 1.29 is 4.39 Å². The lowest BCUT2D eigenvalue weighted by Crippen LogP contribution is -2.16. The summed E-state index contributed by atoms with van der Waals surface area (Å²) in [6.45, 7) is 0.523. The van der Waals surface area contributed by atoms with Crippen molar-refractivity contribution in [3.05, 3.63) is 47.5 Å². The highest BCUT2D eigenvalue weighted by Gasteiger charge is 2.11. The van der Waals surface area contributed by atoms with Gasteiger partial charge in [-0.1, -0.05) is 18.3 Å². The van der Waals surface area contributed by atoms with E-state index in [-0.39, 0.29) is 10.6 Å². The number of aromatic nitrogens is 2. The Morgan fingerprint density at radius 1 is 1.50 bits per heavy atom. The fraction of sp³-hybridized carbons (Fsp3) is 0.167. The van der Waals surface area contributed by atoms with Crippen molar-refractivity contribution in [1.82, 2.24) is 9.78 Å². The van der Waals surface area contributed by atoms with E-state index in [4.69, 9.17) is 18.0 Å². The number of thiocarbonyl (C=S) groups is 1. The van der Waals surface area contributed by atoms with Gasteiger partial charge in [0, 0.05) is 18.9 Å². The fourth-order valence-electron chi connectivity index (χ4n) is 1.68. The molecule has 18 heavy (non-hydrogen) atoms. The Kier molecular flexibility index (Phi) is 3.57. The third-order valence-electron chi connectivity index (χ3n) is 2.64. The summed E-state index contributed by atoms with van der Waals surface area (Å²) in [4.78, 5) is 0.0422. The number of aryl methyl sites for hydroxylation is 1. The van der Waals surface area contributed by atoms with Gasteiger partial charge in [0.25, 0.3) is 0 Å². The molecule has 0 radical (unpaired) electrons. The van der Waals surface area contributed by atoms with E-state index in [1.54, 1.807) is 23.0 Å². The van der Waals surface area contributed by atoms with Crippen molar-refractivity contribution in [1.29, 1.82) is 0 Å².